The van der Waals surface area contributed by atoms with Crippen molar-refractivity contribution in [3.63, 3.8) is 0 Å². The standard InChI is InChI=1S/C24H42O2/c1-3-5-7-9-11-13-15-18-22-19-17-21-24(26-25)23(22)20-16-14-12-10-8-6-4-2/h17,19,21,25H,3-16,18,20H2,1-2H3. The highest BCUT2D eigenvalue weighted by Crippen LogP contribution is 2.26. The fraction of sp³-hybridized carbons (Fsp3) is 0.750. The van der Waals surface area contributed by atoms with E-state index in [9.17, 15) is 5.26 Å². The van der Waals surface area contributed by atoms with E-state index in [0.29, 0.717) is 5.75 Å². The molecule has 150 valence electrons. The molecule has 1 aromatic rings. The zero-order valence-corrected chi connectivity index (χ0v) is 17.4. The van der Waals surface area contributed by atoms with Gasteiger partial charge in [-0.15, -0.1) is 0 Å². The molecule has 0 aliphatic carbocycles. The van der Waals surface area contributed by atoms with E-state index in [1.807, 2.05) is 12.1 Å². The van der Waals surface area contributed by atoms with E-state index in [2.05, 4.69) is 24.8 Å². The Morgan fingerprint density at radius 3 is 1.69 bits per heavy atom. The maximum Gasteiger partial charge on any atom is 0.168 e. The lowest BCUT2D eigenvalue weighted by molar-refractivity contribution is -0.138. The van der Waals surface area contributed by atoms with Crippen LogP contribution in [0.4, 0.5) is 0 Å². The summed E-state index contributed by atoms with van der Waals surface area (Å²) in [7, 11) is 0. The molecule has 1 rings (SSSR count). The van der Waals surface area contributed by atoms with Crippen molar-refractivity contribution >= 4 is 0 Å². The number of unbranched alkanes of at least 4 members (excludes halogenated alkanes) is 12. The molecular weight excluding hydrogens is 320 g/mol. The first-order valence-electron chi connectivity index (χ1n) is 11.3. The van der Waals surface area contributed by atoms with Crippen LogP contribution in [0.1, 0.15) is 115 Å². The second kappa shape index (κ2) is 16.2. The lowest BCUT2D eigenvalue weighted by atomic mass is 9.95. The Morgan fingerprint density at radius 1 is 0.654 bits per heavy atom. The summed E-state index contributed by atoms with van der Waals surface area (Å²) in [5.74, 6) is 0.663. The molecule has 0 aliphatic heterocycles. The van der Waals surface area contributed by atoms with Gasteiger partial charge in [0.2, 0.25) is 0 Å². The van der Waals surface area contributed by atoms with E-state index in [4.69, 9.17) is 0 Å². The number of hydrogen-bond donors (Lipinski definition) is 1. The highest BCUT2D eigenvalue weighted by Gasteiger charge is 2.10. The van der Waals surface area contributed by atoms with Crippen LogP contribution >= 0.6 is 0 Å². The number of rotatable bonds is 17. The van der Waals surface area contributed by atoms with Crippen molar-refractivity contribution in [1.82, 2.24) is 0 Å². The molecule has 1 N–H and O–H groups in total. The molecule has 0 unspecified atom stereocenters. The Bertz CT molecular complexity index is 442. The number of hydrogen-bond acceptors (Lipinski definition) is 2. The van der Waals surface area contributed by atoms with E-state index >= 15 is 0 Å². The lowest BCUT2D eigenvalue weighted by Crippen LogP contribution is -2.00. The second-order valence-electron chi connectivity index (χ2n) is 7.73. The van der Waals surface area contributed by atoms with Crippen LogP contribution in [0.3, 0.4) is 0 Å². The average Bonchev–Trinajstić information content (AvgIpc) is 2.67. The van der Waals surface area contributed by atoms with Crippen LogP contribution in [0, 0.1) is 0 Å². The molecule has 0 radical (unpaired) electrons. The Morgan fingerprint density at radius 2 is 1.15 bits per heavy atom. The van der Waals surface area contributed by atoms with Crippen LogP contribution in [0.15, 0.2) is 18.2 Å². The number of aryl methyl sites for hydroxylation is 1. The molecule has 0 bridgehead atoms. The summed E-state index contributed by atoms with van der Waals surface area (Å²) in [4.78, 5) is 4.67. The summed E-state index contributed by atoms with van der Waals surface area (Å²) in [6, 6.07) is 6.12. The molecule has 0 heterocycles. The quantitative estimate of drug-likeness (QED) is 0.172. The van der Waals surface area contributed by atoms with Crippen LogP contribution in [0.25, 0.3) is 0 Å². The molecule has 0 atom stereocenters. The molecule has 0 saturated heterocycles. The first-order valence-corrected chi connectivity index (χ1v) is 11.3. The van der Waals surface area contributed by atoms with Crippen LogP contribution < -0.4 is 4.89 Å². The smallest absolute Gasteiger partial charge is 0.168 e. The molecule has 0 saturated carbocycles. The van der Waals surface area contributed by atoms with E-state index < -0.39 is 0 Å². The van der Waals surface area contributed by atoms with E-state index in [-0.39, 0.29) is 0 Å². The van der Waals surface area contributed by atoms with Gasteiger partial charge in [0.15, 0.2) is 5.75 Å². The third-order valence-electron chi connectivity index (χ3n) is 5.41. The van der Waals surface area contributed by atoms with Gasteiger partial charge >= 0.3 is 0 Å². The Balaban J connectivity index is 2.35. The lowest BCUT2D eigenvalue weighted by Gasteiger charge is -2.13. The molecule has 2 heteroatoms. The van der Waals surface area contributed by atoms with Crippen LogP contribution in [-0.4, -0.2) is 5.26 Å². The Hall–Kier alpha value is -1.02. The van der Waals surface area contributed by atoms with Gasteiger partial charge in [0, 0.05) is 5.56 Å². The van der Waals surface area contributed by atoms with Gasteiger partial charge in [-0.05, 0) is 37.3 Å². The maximum absolute atomic E-state index is 9.23. The summed E-state index contributed by atoms with van der Waals surface area (Å²) in [6.45, 7) is 4.53. The van der Waals surface area contributed by atoms with Gasteiger partial charge in [-0.25, -0.2) is 5.26 Å². The first-order chi connectivity index (χ1) is 12.8. The van der Waals surface area contributed by atoms with Crippen LogP contribution in [-0.2, 0) is 12.8 Å². The van der Waals surface area contributed by atoms with E-state index in [1.165, 1.54) is 101 Å². The van der Waals surface area contributed by atoms with Gasteiger partial charge in [-0.1, -0.05) is 103 Å². The van der Waals surface area contributed by atoms with E-state index in [1.54, 1.807) is 0 Å². The van der Waals surface area contributed by atoms with Crippen molar-refractivity contribution in [1.29, 1.82) is 0 Å². The SMILES string of the molecule is CCCCCCCCCc1cccc(OO)c1CCCCCCCCC. The first kappa shape index (κ1) is 23.0. The minimum atomic E-state index is 0.663. The van der Waals surface area contributed by atoms with Crippen molar-refractivity contribution in [2.75, 3.05) is 0 Å². The Kier molecular flexibility index (Phi) is 14.3. The molecule has 0 aromatic heterocycles. The van der Waals surface area contributed by atoms with Gasteiger partial charge in [-0.2, -0.15) is 0 Å². The van der Waals surface area contributed by atoms with Crippen molar-refractivity contribution < 1.29 is 10.1 Å². The largest absolute Gasteiger partial charge is 0.340 e. The van der Waals surface area contributed by atoms with E-state index in [0.717, 1.165) is 12.8 Å². The molecule has 0 fully saturated rings. The number of benzene rings is 1. The summed E-state index contributed by atoms with van der Waals surface area (Å²) >= 11 is 0. The third-order valence-corrected chi connectivity index (χ3v) is 5.41. The minimum Gasteiger partial charge on any atom is -0.340 e. The van der Waals surface area contributed by atoms with Crippen molar-refractivity contribution in [2.24, 2.45) is 0 Å². The van der Waals surface area contributed by atoms with Crippen molar-refractivity contribution in [3.05, 3.63) is 29.3 Å². The normalized spacial score (nSPS) is 11.0. The zero-order chi connectivity index (χ0) is 18.9. The fourth-order valence-corrected chi connectivity index (χ4v) is 3.75. The van der Waals surface area contributed by atoms with Crippen LogP contribution in [0.2, 0.25) is 0 Å². The monoisotopic (exact) mass is 362 g/mol. The zero-order valence-electron chi connectivity index (χ0n) is 17.4. The summed E-state index contributed by atoms with van der Waals surface area (Å²) < 4.78 is 0. The molecule has 26 heavy (non-hydrogen) atoms. The summed E-state index contributed by atoms with van der Waals surface area (Å²) in [5, 5.41) is 9.23. The predicted octanol–water partition coefficient (Wildman–Crippen LogP) is 8.12. The van der Waals surface area contributed by atoms with Crippen molar-refractivity contribution in [3.8, 4) is 5.75 Å². The minimum absolute atomic E-state index is 0.663. The fourth-order valence-electron chi connectivity index (χ4n) is 3.75. The molecule has 2 nitrogen and oxygen atoms in total. The predicted molar refractivity (Wildman–Crippen MR) is 113 cm³/mol. The van der Waals surface area contributed by atoms with Gasteiger partial charge < -0.3 is 4.89 Å². The molecular formula is C24H42O2. The summed E-state index contributed by atoms with van der Waals surface area (Å²) in [6.07, 6.45) is 20.7. The molecule has 1 aromatic carbocycles. The molecule has 0 amide bonds. The molecule has 0 spiro atoms. The van der Waals surface area contributed by atoms with Gasteiger partial charge in [-0.3, -0.25) is 0 Å². The second-order valence-corrected chi connectivity index (χ2v) is 7.73. The van der Waals surface area contributed by atoms with Crippen molar-refractivity contribution in [2.45, 2.75) is 117 Å². The highest BCUT2D eigenvalue weighted by molar-refractivity contribution is 5.40. The van der Waals surface area contributed by atoms with Gasteiger partial charge in [0.1, 0.15) is 0 Å². The topological polar surface area (TPSA) is 29.5 Å². The Labute approximate surface area is 162 Å². The molecule has 0 aliphatic rings. The third kappa shape index (κ3) is 10.2. The van der Waals surface area contributed by atoms with Gasteiger partial charge in [0.05, 0.1) is 0 Å². The average molecular weight is 363 g/mol. The summed E-state index contributed by atoms with van der Waals surface area (Å²) in [5.41, 5.74) is 2.60. The highest BCUT2D eigenvalue weighted by atomic mass is 17.1. The van der Waals surface area contributed by atoms with Crippen LogP contribution in [0.5, 0.6) is 5.75 Å². The van der Waals surface area contributed by atoms with Gasteiger partial charge in [0.25, 0.3) is 0 Å². The maximum atomic E-state index is 9.23.